The van der Waals surface area contributed by atoms with Crippen LogP contribution >= 0.6 is 23.2 Å². The van der Waals surface area contributed by atoms with E-state index in [0.29, 0.717) is 10.0 Å². The van der Waals surface area contributed by atoms with E-state index in [2.05, 4.69) is 5.32 Å². The maximum absolute atomic E-state index is 10.9. The van der Waals surface area contributed by atoms with Crippen LogP contribution in [0.5, 0.6) is 5.75 Å². The van der Waals surface area contributed by atoms with Crippen molar-refractivity contribution in [1.29, 1.82) is 0 Å². The average Bonchev–Trinajstić information content (AvgIpc) is 2.60. The molecular formula is C17H18Cl2N2O4. The normalized spacial score (nSPS) is 13.3. The van der Waals surface area contributed by atoms with E-state index in [0.717, 1.165) is 5.56 Å². The predicted molar refractivity (Wildman–Crippen MR) is 97.5 cm³/mol. The number of halogens is 2. The minimum absolute atomic E-state index is 0.0597. The van der Waals surface area contributed by atoms with Crippen molar-refractivity contribution in [3.05, 3.63) is 68.2 Å². The number of para-hydroxylation sites is 2. The van der Waals surface area contributed by atoms with Crippen LogP contribution in [-0.4, -0.2) is 29.3 Å². The highest BCUT2D eigenvalue weighted by Gasteiger charge is 2.16. The molecule has 2 N–H and O–H groups in total. The fourth-order valence-corrected chi connectivity index (χ4v) is 2.49. The highest BCUT2D eigenvalue weighted by molar-refractivity contribution is 6.42. The fourth-order valence-electron chi connectivity index (χ4n) is 2.19. The number of hydrogen-bond donors (Lipinski definition) is 2. The topological polar surface area (TPSA) is 84.6 Å². The summed E-state index contributed by atoms with van der Waals surface area (Å²) in [6.07, 6.45) is -0.829. The van der Waals surface area contributed by atoms with Crippen LogP contribution < -0.4 is 10.1 Å². The molecular weight excluding hydrogens is 367 g/mol. The Morgan fingerprint density at radius 1 is 1.24 bits per heavy atom. The monoisotopic (exact) mass is 384 g/mol. The Morgan fingerprint density at radius 2 is 1.96 bits per heavy atom. The number of nitro benzene ring substituents is 1. The molecule has 2 aromatic rings. The molecule has 0 aliphatic carbocycles. The van der Waals surface area contributed by atoms with Crippen LogP contribution in [0.2, 0.25) is 10.0 Å². The summed E-state index contributed by atoms with van der Waals surface area (Å²) in [6.45, 7) is 2.11. The third-order valence-electron chi connectivity index (χ3n) is 3.60. The molecule has 0 saturated carbocycles. The summed E-state index contributed by atoms with van der Waals surface area (Å²) in [4.78, 5) is 10.4. The molecule has 0 aliphatic rings. The lowest BCUT2D eigenvalue weighted by molar-refractivity contribution is -0.385. The third kappa shape index (κ3) is 5.57. The average molecular weight is 385 g/mol. The van der Waals surface area contributed by atoms with Gasteiger partial charge in [-0.1, -0.05) is 41.4 Å². The van der Waals surface area contributed by atoms with E-state index < -0.39 is 11.0 Å². The van der Waals surface area contributed by atoms with Gasteiger partial charge in [-0.05, 0) is 30.7 Å². The summed E-state index contributed by atoms with van der Waals surface area (Å²) in [5.74, 6) is 0.129. The Bertz CT molecular complexity index is 742. The second-order valence-electron chi connectivity index (χ2n) is 5.49. The molecule has 2 aromatic carbocycles. The zero-order valence-corrected chi connectivity index (χ0v) is 15.0. The molecule has 25 heavy (non-hydrogen) atoms. The van der Waals surface area contributed by atoms with E-state index in [1.54, 1.807) is 24.3 Å². The van der Waals surface area contributed by atoms with Crippen molar-refractivity contribution in [3.63, 3.8) is 0 Å². The van der Waals surface area contributed by atoms with E-state index >= 15 is 0 Å². The van der Waals surface area contributed by atoms with Gasteiger partial charge in [-0.15, -0.1) is 0 Å². The lowest BCUT2D eigenvalue weighted by Gasteiger charge is -2.18. The molecule has 0 saturated heterocycles. The first-order valence-corrected chi connectivity index (χ1v) is 8.36. The predicted octanol–water partition coefficient (Wildman–Crippen LogP) is 3.99. The van der Waals surface area contributed by atoms with Gasteiger partial charge < -0.3 is 15.2 Å². The maximum Gasteiger partial charge on any atom is 0.310 e. The summed E-state index contributed by atoms with van der Waals surface area (Å²) in [5.41, 5.74) is 0.799. The van der Waals surface area contributed by atoms with Crippen LogP contribution in [0.25, 0.3) is 0 Å². The molecule has 0 spiro atoms. The van der Waals surface area contributed by atoms with Crippen LogP contribution in [-0.2, 0) is 0 Å². The third-order valence-corrected chi connectivity index (χ3v) is 4.34. The van der Waals surface area contributed by atoms with Gasteiger partial charge in [0.15, 0.2) is 5.75 Å². The summed E-state index contributed by atoms with van der Waals surface area (Å²) in [6, 6.07) is 11.3. The molecule has 0 aliphatic heterocycles. The summed E-state index contributed by atoms with van der Waals surface area (Å²) < 4.78 is 5.36. The maximum atomic E-state index is 10.9. The molecule has 0 bridgehead atoms. The van der Waals surface area contributed by atoms with Crippen LogP contribution in [0, 0.1) is 10.1 Å². The van der Waals surface area contributed by atoms with Crippen molar-refractivity contribution < 1.29 is 14.8 Å². The van der Waals surface area contributed by atoms with Crippen molar-refractivity contribution in [2.75, 3.05) is 13.2 Å². The molecule has 0 fully saturated rings. The highest BCUT2D eigenvalue weighted by Crippen LogP contribution is 2.26. The molecule has 0 heterocycles. The zero-order chi connectivity index (χ0) is 18.4. The van der Waals surface area contributed by atoms with E-state index in [1.165, 1.54) is 12.1 Å². The van der Waals surface area contributed by atoms with Crippen molar-refractivity contribution in [2.24, 2.45) is 0 Å². The number of hydrogen-bond acceptors (Lipinski definition) is 5. The molecule has 6 nitrogen and oxygen atoms in total. The van der Waals surface area contributed by atoms with E-state index in [9.17, 15) is 15.2 Å². The largest absolute Gasteiger partial charge is 0.484 e. The second kappa shape index (κ2) is 9.01. The Morgan fingerprint density at radius 3 is 2.64 bits per heavy atom. The lowest BCUT2D eigenvalue weighted by atomic mass is 10.1. The summed E-state index contributed by atoms with van der Waals surface area (Å²) >= 11 is 11.9. The smallest absolute Gasteiger partial charge is 0.310 e. The minimum Gasteiger partial charge on any atom is -0.484 e. The van der Waals surface area contributed by atoms with Crippen molar-refractivity contribution in [1.82, 2.24) is 5.32 Å². The van der Waals surface area contributed by atoms with Crippen LogP contribution in [0.15, 0.2) is 42.5 Å². The second-order valence-corrected chi connectivity index (χ2v) is 6.31. The Hall–Kier alpha value is -1.86. The van der Waals surface area contributed by atoms with Crippen LogP contribution in [0.4, 0.5) is 5.69 Å². The number of ether oxygens (including phenoxy) is 1. The molecule has 0 amide bonds. The quantitative estimate of drug-likeness (QED) is 0.530. The number of aliphatic hydroxyl groups excluding tert-OH is 1. The van der Waals surface area contributed by atoms with Gasteiger partial charge in [0, 0.05) is 18.7 Å². The van der Waals surface area contributed by atoms with E-state index in [4.69, 9.17) is 27.9 Å². The molecule has 2 unspecified atom stereocenters. The molecule has 0 radical (unpaired) electrons. The Kier molecular flexibility index (Phi) is 7.01. The minimum atomic E-state index is -0.829. The number of nitrogens with one attached hydrogen (secondary N) is 1. The van der Waals surface area contributed by atoms with Crippen molar-refractivity contribution in [2.45, 2.75) is 19.1 Å². The van der Waals surface area contributed by atoms with Gasteiger partial charge in [0.05, 0.1) is 15.0 Å². The molecule has 2 atom stereocenters. The van der Waals surface area contributed by atoms with Crippen LogP contribution in [0.1, 0.15) is 18.5 Å². The molecule has 2 rings (SSSR count). The number of benzene rings is 2. The Labute approximate surface area is 155 Å². The van der Waals surface area contributed by atoms with Crippen molar-refractivity contribution in [3.8, 4) is 5.75 Å². The molecule has 8 heteroatoms. The van der Waals surface area contributed by atoms with Crippen molar-refractivity contribution >= 4 is 28.9 Å². The van der Waals surface area contributed by atoms with Gasteiger partial charge in [0.25, 0.3) is 0 Å². The van der Waals surface area contributed by atoms with Gasteiger partial charge in [-0.2, -0.15) is 0 Å². The number of nitro groups is 1. The van der Waals surface area contributed by atoms with E-state index in [1.807, 2.05) is 13.0 Å². The Balaban J connectivity index is 1.85. The van der Waals surface area contributed by atoms with E-state index in [-0.39, 0.29) is 30.6 Å². The fraction of sp³-hybridized carbons (Fsp3) is 0.294. The first kappa shape index (κ1) is 19.5. The number of nitrogens with zero attached hydrogens (tertiary/aromatic N) is 1. The number of aliphatic hydroxyl groups is 1. The molecule has 0 aromatic heterocycles. The summed E-state index contributed by atoms with van der Waals surface area (Å²) in [7, 11) is 0. The first-order chi connectivity index (χ1) is 11.9. The summed E-state index contributed by atoms with van der Waals surface area (Å²) in [5, 5.41) is 25.1. The lowest BCUT2D eigenvalue weighted by Crippen LogP contribution is -2.33. The zero-order valence-electron chi connectivity index (χ0n) is 13.5. The number of rotatable bonds is 8. The van der Waals surface area contributed by atoms with Gasteiger partial charge in [-0.3, -0.25) is 10.1 Å². The SMILES string of the molecule is CC(NCC(O)COc1ccccc1[N+](=O)[O-])c1ccc(Cl)c(Cl)c1. The van der Waals surface area contributed by atoms with Gasteiger partial charge in [-0.25, -0.2) is 0 Å². The van der Waals surface area contributed by atoms with Gasteiger partial charge in [0.1, 0.15) is 12.7 Å². The first-order valence-electron chi connectivity index (χ1n) is 7.61. The molecule has 134 valence electrons. The highest BCUT2D eigenvalue weighted by atomic mass is 35.5. The van der Waals surface area contributed by atoms with Gasteiger partial charge in [0.2, 0.25) is 0 Å². The standard InChI is InChI=1S/C17H18Cl2N2O4/c1-11(12-6-7-14(18)15(19)8-12)20-9-13(22)10-25-17-5-3-2-4-16(17)21(23)24/h2-8,11,13,20,22H,9-10H2,1H3. The van der Waals surface area contributed by atoms with Crippen LogP contribution in [0.3, 0.4) is 0 Å². The van der Waals surface area contributed by atoms with Gasteiger partial charge >= 0.3 is 5.69 Å².